The summed E-state index contributed by atoms with van der Waals surface area (Å²) >= 11 is 0. The van der Waals surface area contributed by atoms with Crippen molar-refractivity contribution in [3.8, 4) is 0 Å². The van der Waals surface area contributed by atoms with Crippen LogP contribution in [0.4, 0.5) is 16.3 Å². The Morgan fingerprint density at radius 2 is 1.84 bits per heavy atom. The molecule has 8 heteroatoms. The van der Waals surface area contributed by atoms with Crippen LogP contribution in [0.15, 0.2) is 41.1 Å². The smallest absolute Gasteiger partial charge is 0.322 e. The largest absolute Gasteiger partial charge is 0.459 e. The molecule has 0 saturated carbocycles. The third-order valence-electron chi connectivity index (χ3n) is 4.04. The van der Waals surface area contributed by atoms with E-state index in [-0.39, 0.29) is 11.9 Å². The maximum atomic E-state index is 12.3. The van der Waals surface area contributed by atoms with Crippen molar-refractivity contribution in [2.75, 3.05) is 50.5 Å². The zero-order valence-electron chi connectivity index (χ0n) is 14.3. The van der Waals surface area contributed by atoms with Gasteiger partial charge in [-0.25, -0.2) is 9.78 Å². The van der Waals surface area contributed by atoms with E-state index in [1.165, 1.54) is 6.26 Å². The number of aromatic nitrogens is 1. The number of carbonyl (C=O) groups excluding carboxylic acids is 2. The van der Waals surface area contributed by atoms with Crippen molar-refractivity contribution in [3.05, 3.63) is 42.5 Å². The van der Waals surface area contributed by atoms with Gasteiger partial charge in [0, 0.05) is 40.3 Å². The number of nitrogens with one attached hydrogen (secondary N) is 1. The van der Waals surface area contributed by atoms with Crippen molar-refractivity contribution >= 4 is 23.4 Å². The molecule has 25 heavy (non-hydrogen) atoms. The number of piperazine rings is 1. The molecule has 1 N–H and O–H groups in total. The summed E-state index contributed by atoms with van der Waals surface area (Å²) in [7, 11) is 3.81. The Hall–Kier alpha value is -3.03. The molecule has 2 aromatic rings. The third-order valence-corrected chi connectivity index (χ3v) is 4.04. The number of anilines is 2. The summed E-state index contributed by atoms with van der Waals surface area (Å²) in [5, 5.41) is 2.83. The number of amides is 3. The molecule has 1 aliphatic rings. The molecule has 0 radical (unpaired) electrons. The van der Waals surface area contributed by atoms with Crippen LogP contribution < -0.4 is 10.2 Å². The molecule has 0 spiro atoms. The van der Waals surface area contributed by atoms with Crippen molar-refractivity contribution in [3.63, 3.8) is 0 Å². The molecule has 0 aliphatic carbocycles. The molecule has 0 atom stereocenters. The standard InChI is InChI=1S/C17H21N5O3/c1-20(2)15-6-5-13(12-18-15)19-17(24)22-9-7-21(8-10-22)16(23)14-4-3-11-25-14/h3-6,11-12H,7-10H2,1-2H3,(H,19,24). The quantitative estimate of drug-likeness (QED) is 0.918. The lowest BCUT2D eigenvalue weighted by atomic mass is 10.3. The average Bonchev–Trinajstić information content (AvgIpc) is 3.16. The van der Waals surface area contributed by atoms with Gasteiger partial charge in [0.25, 0.3) is 5.91 Å². The number of pyridine rings is 1. The van der Waals surface area contributed by atoms with E-state index in [1.807, 2.05) is 31.1 Å². The van der Waals surface area contributed by atoms with E-state index in [0.717, 1.165) is 5.82 Å². The van der Waals surface area contributed by atoms with E-state index in [0.29, 0.717) is 37.6 Å². The predicted molar refractivity (Wildman–Crippen MR) is 93.8 cm³/mol. The Morgan fingerprint density at radius 3 is 2.40 bits per heavy atom. The molecule has 3 heterocycles. The Bertz CT molecular complexity index is 719. The van der Waals surface area contributed by atoms with Gasteiger partial charge in [-0.2, -0.15) is 0 Å². The third kappa shape index (κ3) is 3.90. The summed E-state index contributed by atoms with van der Waals surface area (Å²) in [6.07, 6.45) is 3.11. The summed E-state index contributed by atoms with van der Waals surface area (Å²) < 4.78 is 5.13. The van der Waals surface area contributed by atoms with Gasteiger partial charge < -0.3 is 24.4 Å². The van der Waals surface area contributed by atoms with Gasteiger partial charge in [-0.05, 0) is 24.3 Å². The summed E-state index contributed by atoms with van der Waals surface area (Å²) in [6.45, 7) is 1.90. The second-order valence-corrected chi connectivity index (χ2v) is 5.99. The highest BCUT2D eigenvalue weighted by Gasteiger charge is 2.26. The fourth-order valence-electron chi connectivity index (χ4n) is 2.60. The number of rotatable bonds is 3. The van der Waals surface area contributed by atoms with Gasteiger partial charge in [0.1, 0.15) is 5.82 Å². The summed E-state index contributed by atoms with van der Waals surface area (Å²) in [6, 6.07) is 6.80. The zero-order valence-corrected chi connectivity index (χ0v) is 14.3. The number of furan rings is 1. The molecule has 0 bridgehead atoms. The lowest BCUT2D eigenvalue weighted by Gasteiger charge is -2.34. The van der Waals surface area contributed by atoms with E-state index >= 15 is 0 Å². The number of hydrogen-bond donors (Lipinski definition) is 1. The van der Waals surface area contributed by atoms with E-state index in [1.54, 1.807) is 28.1 Å². The highest BCUT2D eigenvalue weighted by molar-refractivity contribution is 5.92. The first kappa shape index (κ1) is 16.8. The fourth-order valence-corrected chi connectivity index (χ4v) is 2.60. The second kappa shape index (κ2) is 7.25. The van der Waals surface area contributed by atoms with Crippen LogP contribution in [0.5, 0.6) is 0 Å². The number of nitrogens with zero attached hydrogens (tertiary/aromatic N) is 4. The fraction of sp³-hybridized carbons (Fsp3) is 0.353. The lowest BCUT2D eigenvalue weighted by Crippen LogP contribution is -2.51. The molecule has 2 aromatic heterocycles. The van der Waals surface area contributed by atoms with Crippen molar-refractivity contribution in [2.24, 2.45) is 0 Å². The first-order valence-electron chi connectivity index (χ1n) is 8.06. The van der Waals surface area contributed by atoms with Crippen LogP contribution in [0.2, 0.25) is 0 Å². The topological polar surface area (TPSA) is 81.9 Å². The molecule has 1 aliphatic heterocycles. The molecule has 3 amide bonds. The Kier molecular flexibility index (Phi) is 4.87. The monoisotopic (exact) mass is 343 g/mol. The Labute approximate surface area is 146 Å². The molecule has 3 rings (SSSR count). The van der Waals surface area contributed by atoms with Gasteiger partial charge in [0.2, 0.25) is 0 Å². The van der Waals surface area contributed by atoms with Crippen molar-refractivity contribution in [1.29, 1.82) is 0 Å². The van der Waals surface area contributed by atoms with Gasteiger partial charge in [0.15, 0.2) is 5.76 Å². The summed E-state index contributed by atoms with van der Waals surface area (Å²) in [4.78, 5) is 34.1. The zero-order chi connectivity index (χ0) is 17.8. The van der Waals surface area contributed by atoms with E-state index < -0.39 is 0 Å². The SMILES string of the molecule is CN(C)c1ccc(NC(=O)N2CCN(C(=O)c3ccco3)CC2)cn1. The maximum absolute atomic E-state index is 12.3. The van der Waals surface area contributed by atoms with E-state index in [4.69, 9.17) is 4.42 Å². The molecule has 0 aromatic carbocycles. The second-order valence-electron chi connectivity index (χ2n) is 5.99. The Morgan fingerprint density at radius 1 is 1.12 bits per heavy atom. The lowest BCUT2D eigenvalue weighted by molar-refractivity contribution is 0.0640. The van der Waals surface area contributed by atoms with Gasteiger partial charge in [0.05, 0.1) is 18.1 Å². The van der Waals surface area contributed by atoms with Crippen LogP contribution in [0.25, 0.3) is 0 Å². The maximum Gasteiger partial charge on any atom is 0.322 e. The number of carbonyl (C=O) groups is 2. The predicted octanol–water partition coefficient (Wildman–Crippen LogP) is 1.73. The first-order chi connectivity index (χ1) is 12.0. The molecule has 1 fully saturated rings. The van der Waals surface area contributed by atoms with Crippen LogP contribution in [-0.2, 0) is 0 Å². The highest BCUT2D eigenvalue weighted by atomic mass is 16.3. The number of hydrogen-bond acceptors (Lipinski definition) is 5. The average molecular weight is 343 g/mol. The van der Waals surface area contributed by atoms with Crippen LogP contribution in [0.1, 0.15) is 10.6 Å². The molecule has 8 nitrogen and oxygen atoms in total. The minimum Gasteiger partial charge on any atom is -0.459 e. The summed E-state index contributed by atoms with van der Waals surface area (Å²) in [5.41, 5.74) is 0.643. The molecular formula is C17H21N5O3. The van der Waals surface area contributed by atoms with Crippen LogP contribution >= 0.6 is 0 Å². The van der Waals surface area contributed by atoms with Crippen molar-refractivity contribution < 1.29 is 14.0 Å². The minimum absolute atomic E-state index is 0.145. The van der Waals surface area contributed by atoms with Crippen LogP contribution in [0, 0.1) is 0 Å². The van der Waals surface area contributed by atoms with Gasteiger partial charge in [-0.1, -0.05) is 0 Å². The Balaban J connectivity index is 1.52. The molecule has 0 unspecified atom stereocenters. The van der Waals surface area contributed by atoms with Crippen molar-refractivity contribution in [1.82, 2.24) is 14.8 Å². The molecule has 132 valence electrons. The van der Waals surface area contributed by atoms with Gasteiger partial charge in [-0.3, -0.25) is 4.79 Å². The number of urea groups is 1. The van der Waals surface area contributed by atoms with Gasteiger partial charge >= 0.3 is 6.03 Å². The normalized spacial score (nSPS) is 14.3. The minimum atomic E-state index is -0.190. The van der Waals surface area contributed by atoms with E-state index in [2.05, 4.69) is 10.3 Å². The first-order valence-corrected chi connectivity index (χ1v) is 8.06. The van der Waals surface area contributed by atoms with Crippen LogP contribution in [-0.4, -0.2) is 67.0 Å². The molecular weight excluding hydrogens is 322 g/mol. The van der Waals surface area contributed by atoms with E-state index in [9.17, 15) is 9.59 Å². The van der Waals surface area contributed by atoms with Gasteiger partial charge in [-0.15, -0.1) is 0 Å². The highest BCUT2D eigenvalue weighted by Crippen LogP contribution is 2.14. The summed E-state index contributed by atoms with van der Waals surface area (Å²) in [5.74, 6) is 1.00. The van der Waals surface area contributed by atoms with Crippen molar-refractivity contribution in [2.45, 2.75) is 0 Å². The molecule has 1 saturated heterocycles. The van der Waals surface area contributed by atoms with Crippen LogP contribution in [0.3, 0.4) is 0 Å².